The van der Waals surface area contributed by atoms with Crippen molar-refractivity contribution in [2.75, 3.05) is 13.1 Å². The van der Waals surface area contributed by atoms with Gasteiger partial charge in [-0.05, 0) is 6.42 Å². The lowest BCUT2D eigenvalue weighted by Crippen LogP contribution is -2.55. The van der Waals surface area contributed by atoms with E-state index >= 15 is 0 Å². The first-order valence-corrected chi connectivity index (χ1v) is 3.92. The maximum atomic E-state index is 11.2. The van der Waals surface area contributed by atoms with Crippen molar-refractivity contribution in [3.8, 4) is 0 Å². The van der Waals surface area contributed by atoms with Crippen molar-refractivity contribution < 1.29 is 9.59 Å². The fourth-order valence-electron chi connectivity index (χ4n) is 1.36. The zero-order valence-corrected chi connectivity index (χ0v) is 6.54. The van der Waals surface area contributed by atoms with Crippen molar-refractivity contribution in [2.24, 2.45) is 4.99 Å². The Kier molecular flexibility index (Phi) is 1.56. The second-order valence-electron chi connectivity index (χ2n) is 2.83. The van der Waals surface area contributed by atoms with E-state index in [1.54, 1.807) is 0 Å². The summed E-state index contributed by atoms with van der Waals surface area (Å²) in [5, 5.41) is 2.56. The van der Waals surface area contributed by atoms with E-state index in [2.05, 4.69) is 10.3 Å². The SMILES string of the molecule is O=C1CC(=O)N2CCCN=C2N1. The van der Waals surface area contributed by atoms with E-state index in [9.17, 15) is 9.59 Å². The van der Waals surface area contributed by atoms with Crippen LogP contribution < -0.4 is 5.32 Å². The lowest BCUT2D eigenvalue weighted by Gasteiger charge is -2.30. The van der Waals surface area contributed by atoms with E-state index in [1.807, 2.05) is 0 Å². The second kappa shape index (κ2) is 2.58. The molecular formula is C7H9N3O2. The fraction of sp³-hybridized carbons (Fsp3) is 0.571. The van der Waals surface area contributed by atoms with Gasteiger partial charge in [0.1, 0.15) is 6.42 Å². The molecule has 5 nitrogen and oxygen atoms in total. The van der Waals surface area contributed by atoms with E-state index in [4.69, 9.17) is 0 Å². The molecule has 1 fully saturated rings. The Morgan fingerprint density at radius 3 is 3.08 bits per heavy atom. The first-order valence-electron chi connectivity index (χ1n) is 3.92. The zero-order chi connectivity index (χ0) is 8.55. The van der Waals surface area contributed by atoms with Gasteiger partial charge in [-0.15, -0.1) is 0 Å². The van der Waals surface area contributed by atoms with Gasteiger partial charge in [-0.25, -0.2) is 0 Å². The number of nitrogens with one attached hydrogen (secondary N) is 1. The maximum Gasteiger partial charge on any atom is 0.238 e. The zero-order valence-electron chi connectivity index (χ0n) is 6.54. The van der Waals surface area contributed by atoms with Gasteiger partial charge in [-0.2, -0.15) is 0 Å². The highest BCUT2D eigenvalue weighted by molar-refractivity contribution is 6.15. The molecule has 64 valence electrons. The molecular weight excluding hydrogens is 158 g/mol. The normalized spacial score (nSPS) is 23.0. The fourth-order valence-corrected chi connectivity index (χ4v) is 1.36. The van der Waals surface area contributed by atoms with E-state index < -0.39 is 0 Å². The Hall–Kier alpha value is -1.39. The summed E-state index contributed by atoms with van der Waals surface area (Å²) in [7, 11) is 0. The smallest absolute Gasteiger partial charge is 0.238 e. The molecule has 12 heavy (non-hydrogen) atoms. The van der Waals surface area contributed by atoms with Gasteiger partial charge in [0.25, 0.3) is 0 Å². The molecule has 2 heterocycles. The van der Waals surface area contributed by atoms with Crippen LogP contribution in [0.15, 0.2) is 4.99 Å². The van der Waals surface area contributed by atoms with Crippen LogP contribution >= 0.6 is 0 Å². The van der Waals surface area contributed by atoms with Crippen molar-refractivity contribution >= 4 is 17.8 Å². The van der Waals surface area contributed by atoms with Crippen LogP contribution in [0.2, 0.25) is 0 Å². The van der Waals surface area contributed by atoms with Crippen LogP contribution in [0.1, 0.15) is 12.8 Å². The minimum Gasteiger partial charge on any atom is -0.296 e. The molecule has 0 aromatic heterocycles. The van der Waals surface area contributed by atoms with Gasteiger partial charge in [-0.1, -0.05) is 0 Å². The summed E-state index contributed by atoms with van der Waals surface area (Å²) in [5.41, 5.74) is 0. The Balaban J connectivity index is 2.25. The van der Waals surface area contributed by atoms with Gasteiger partial charge in [0.15, 0.2) is 0 Å². The van der Waals surface area contributed by atoms with Gasteiger partial charge in [0, 0.05) is 13.1 Å². The highest BCUT2D eigenvalue weighted by atomic mass is 16.2. The summed E-state index contributed by atoms with van der Waals surface area (Å²) in [4.78, 5) is 27.7. The molecule has 1 N–H and O–H groups in total. The number of rotatable bonds is 0. The van der Waals surface area contributed by atoms with Gasteiger partial charge in [0.05, 0.1) is 0 Å². The minimum absolute atomic E-state index is 0.0426. The Bertz CT molecular complexity index is 272. The molecule has 0 unspecified atom stereocenters. The predicted molar refractivity (Wildman–Crippen MR) is 41.4 cm³/mol. The molecule has 0 aliphatic carbocycles. The standard InChI is InChI=1S/C7H9N3O2/c11-5-4-6(12)10-3-1-2-8-7(10)9-5/h1-4H2,(H,8,9,11). The number of carbonyl (C=O) groups excluding carboxylic acids is 2. The summed E-state index contributed by atoms with van der Waals surface area (Å²) in [5.74, 6) is 0.0385. The number of carbonyl (C=O) groups is 2. The van der Waals surface area contributed by atoms with Crippen LogP contribution in [0.3, 0.4) is 0 Å². The number of fused-ring (bicyclic) bond motifs is 1. The molecule has 2 aliphatic rings. The van der Waals surface area contributed by atoms with E-state index in [0.717, 1.165) is 6.42 Å². The molecule has 0 atom stereocenters. The molecule has 2 amide bonds. The number of guanidine groups is 1. The summed E-state index contributed by atoms with van der Waals surface area (Å²) in [6.07, 6.45) is 0.837. The molecule has 0 bridgehead atoms. The topological polar surface area (TPSA) is 61.8 Å². The maximum absolute atomic E-state index is 11.2. The first kappa shape index (κ1) is 7.27. The van der Waals surface area contributed by atoms with Crippen LogP contribution in [0.4, 0.5) is 0 Å². The summed E-state index contributed by atoms with van der Waals surface area (Å²) < 4.78 is 0. The molecule has 1 saturated heterocycles. The van der Waals surface area contributed by atoms with Crippen LogP contribution in [0.5, 0.6) is 0 Å². The van der Waals surface area contributed by atoms with E-state index in [0.29, 0.717) is 19.0 Å². The molecule has 2 rings (SSSR count). The average molecular weight is 167 g/mol. The third-order valence-corrected chi connectivity index (χ3v) is 1.92. The predicted octanol–water partition coefficient (Wildman–Crippen LogP) is -0.905. The van der Waals surface area contributed by atoms with Crippen LogP contribution in [-0.2, 0) is 9.59 Å². The number of nitrogens with zero attached hydrogens (tertiary/aromatic N) is 2. The van der Waals surface area contributed by atoms with Crippen LogP contribution in [-0.4, -0.2) is 35.8 Å². The number of hydrogen-bond acceptors (Lipinski definition) is 3. The third-order valence-electron chi connectivity index (χ3n) is 1.92. The summed E-state index contributed by atoms with van der Waals surface area (Å²) in [6, 6.07) is 0. The molecule has 0 aromatic rings. The van der Waals surface area contributed by atoms with Crippen molar-refractivity contribution in [3.05, 3.63) is 0 Å². The lowest BCUT2D eigenvalue weighted by atomic mass is 10.2. The van der Waals surface area contributed by atoms with E-state index in [1.165, 1.54) is 4.90 Å². The highest BCUT2D eigenvalue weighted by Crippen LogP contribution is 2.07. The lowest BCUT2D eigenvalue weighted by molar-refractivity contribution is -0.135. The Labute approximate surface area is 69.4 Å². The molecule has 0 radical (unpaired) electrons. The number of aliphatic imine (C=N–C) groups is 1. The average Bonchev–Trinajstić information content (AvgIpc) is 2.04. The second-order valence-corrected chi connectivity index (χ2v) is 2.83. The highest BCUT2D eigenvalue weighted by Gasteiger charge is 2.29. The van der Waals surface area contributed by atoms with Gasteiger partial charge in [-0.3, -0.25) is 24.8 Å². The minimum atomic E-state index is -0.253. The third kappa shape index (κ3) is 1.07. The van der Waals surface area contributed by atoms with Crippen molar-refractivity contribution in [1.82, 2.24) is 10.2 Å². The molecule has 0 saturated carbocycles. The Morgan fingerprint density at radius 2 is 2.25 bits per heavy atom. The molecule has 2 aliphatic heterocycles. The van der Waals surface area contributed by atoms with Gasteiger partial charge < -0.3 is 0 Å². The number of amides is 2. The van der Waals surface area contributed by atoms with Crippen LogP contribution in [0, 0.1) is 0 Å². The molecule has 5 heteroatoms. The van der Waals surface area contributed by atoms with Crippen molar-refractivity contribution in [3.63, 3.8) is 0 Å². The largest absolute Gasteiger partial charge is 0.296 e. The first-order chi connectivity index (χ1) is 5.77. The summed E-state index contributed by atoms with van der Waals surface area (Å²) >= 11 is 0. The van der Waals surface area contributed by atoms with E-state index in [-0.39, 0.29) is 18.2 Å². The molecule has 0 aromatic carbocycles. The summed E-state index contributed by atoms with van der Waals surface area (Å²) in [6.45, 7) is 1.37. The van der Waals surface area contributed by atoms with Gasteiger partial charge in [0.2, 0.25) is 17.8 Å². The van der Waals surface area contributed by atoms with Gasteiger partial charge >= 0.3 is 0 Å². The van der Waals surface area contributed by atoms with Crippen LogP contribution in [0.25, 0.3) is 0 Å². The monoisotopic (exact) mass is 167 g/mol. The van der Waals surface area contributed by atoms with Crippen molar-refractivity contribution in [2.45, 2.75) is 12.8 Å². The quantitative estimate of drug-likeness (QED) is 0.475. The number of hydrogen-bond donors (Lipinski definition) is 1. The molecule has 0 spiro atoms. The Morgan fingerprint density at radius 1 is 1.42 bits per heavy atom. The van der Waals surface area contributed by atoms with Crippen molar-refractivity contribution in [1.29, 1.82) is 0 Å².